The first-order valence-electron chi connectivity index (χ1n) is 12.0. The number of hydrogen-bond donors (Lipinski definition) is 2. The lowest BCUT2D eigenvalue weighted by Crippen LogP contribution is -2.54. The van der Waals surface area contributed by atoms with Gasteiger partial charge in [0.15, 0.2) is 0 Å². The van der Waals surface area contributed by atoms with Crippen LogP contribution in [0.25, 0.3) is 0 Å². The molecule has 3 aliphatic rings. The van der Waals surface area contributed by atoms with Crippen LogP contribution >= 0.6 is 11.3 Å². The van der Waals surface area contributed by atoms with Crippen molar-refractivity contribution in [2.45, 2.75) is 58.5 Å². The van der Waals surface area contributed by atoms with Crippen molar-refractivity contribution in [3.63, 3.8) is 0 Å². The molecule has 0 radical (unpaired) electrons. The van der Waals surface area contributed by atoms with Gasteiger partial charge in [0.2, 0.25) is 5.91 Å². The molecule has 2 fully saturated rings. The number of carbonyl (C=O) groups excluding carboxylic acids is 3. The molecule has 180 valence electrons. The number of urea groups is 1. The van der Waals surface area contributed by atoms with Gasteiger partial charge in [-0.05, 0) is 66.2 Å². The zero-order valence-electron chi connectivity index (χ0n) is 20.0. The number of rotatable bonds is 4. The molecule has 1 spiro atoms. The maximum atomic E-state index is 13.4. The quantitative estimate of drug-likeness (QED) is 0.636. The van der Waals surface area contributed by atoms with E-state index in [1.807, 2.05) is 24.3 Å². The van der Waals surface area contributed by atoms with E-state index in [1.54, 1.807) is 11.3 Å². The number of thiophene rings is 1. The summed E-state index contributed by atoms with van der Waals surface area (Å²) in [4.78, 5) is 43.9. The Hall–Kier alpha value is -2.87. The molecule has 2 aliphatic heterocycles. The van der Waals surface area contributed by atoms with Crippen LogP contribution in [0.15, 0.2) is 35.7 Å². The van der Waals surface area contributed by atoms with Crippen LogP contribution in [0.4, 0.5) is 16.2 Å². The fraction of sp³-hybridized carbons (Fsp3) is 0.500. The zero-order chi connectivity index (χ0) is 24.1. The minimum Gasteiger partial charge on any atom is -0.365 e. The molecular formula is C26H32N4O3S. The lowest BCUT2D eigenvalue weighted by Gasteiger charge is -2.43. The Kier molecular flexibility index (Phi) is 5.67. The van der Waals surface area contributed by atoms with Gasteiger partial charge in [0.1, 0.15) is 12.1 Å². The summed E-state index contributed by atoms with van der Waals surface area (Å²) in [6.45, 7) is 7.78. The number of para-hydroxylation sites is 2. The van der Waals surface area contributed by atoms with E-state index < -0.39 is 11.6 Å². The van der Waals surface area contributed by atoms with Crippen molar-refractivity contribution in [1.29, 1.82) is 0 Å². The van der Waals surface area contributed by atoms with Gasteiger partial charge in [-0.2, -0.15) is 0 Å². The van der Waals surface area contributed by atoms with Gasteiger partial charge >= 0.3 is 6.03 Å². The number of nitrogens with one attached hydrogen (secondary N) is 2. The molecule has 1 aliphatic carbocycles. The van der Waals surface area contributed by atoms with E-state index >= 15 is 0 Å². The average Bonchev–Trinajstić information content (AvgIpc) is 3.31. The van der Waals surface area contributed by atoms with Crippen LogP contribution in [-0.2, 0) is 22.6 Å². The third-order valence-corrected chi connectivity index (χ3v) is 8.28. The van der Waals surface area contributed by atoms with Crippen molar-refractivity contribution in [2.24, 2.45) is 11.3 Å². The molecule has 1 saturated carbocycles. The lowest BCUT2D eigenvalue weighted by molar-refractivity contribution is -0.136. The monoisotopic (exact) mass is 480 g/mol. The highest BCUT2D eigenvalue weighted by Crippen LogP contribution is 2.46. The molecule has 2 N–H and O–H groups in total. The molecule has 8 heteroatoms. The summed E-state index contributed by atoms with van der Waals surface area (Å²) >= 11 is 1.79. The van der Waals surface area contributed by atoms with Gasteiger partial charge < -0.3 is 15.5 Å². The van der Waals surface area contributed by atoms with Crippen molar-refractivity contribution >= 4 is 40.6 Å². The Balaban J connectivity index is 1.29. The van der Waals surface area contributed by atoms with Gasteiger partial charge in [0.05, 0.1) is 11.4 Å². The van der Waals surface area contributed by atoms with Crippen LogP contribution in [0.1, 0.15) is 50.5 Å². The number of nitrogens with zero attached hydrogens (tertiary/aromatic N) is 2. The van der Waals surface area contributed by atoms with Gasteiger partial charge in [-0.25, -0.2) is 4.79 Å². The second-order valence-corrected chi connectivity index (χ2v) is 11.9. The van der Waals surface area contributed by atoms with E-state index in [4.69, 9.17) is 0 Å². The molecule has 1 saturated heterocycles. The largest absolute Gasteiger partial charge is 0.365 e. The molecule has 0 bridgehead atoms. The van der Waals surface area contributed by atoms with Crippen LogP contribution < -0.4 is 15.5 Å². The zero-order valence-corrected chi connectivity index (χ0v) is 20.8. The van der Waals surface area contributed by atoms with Crippen LogP contribution in [0.3, 0.4) is 0 Å². The van der Waals surface area contributed by atoms with Crippen molar-refractivity contribution in [1.82, 2.24) is 10.2 Å². The second-order valence-electron chi connectivity index (χ2n) is 10.9. The standard InChI is InChI=1S/C26H32N4O3S/c1-17-12-25(2,3)16-26(13-17)23(32)30(24(33)28-26)15-22(31)27-19-6-4-5-7-20(19)29-10-8-21-18(14-29)9-11-34-21/h4-7,9,11,17H,8,10,12-16H2,1-3H3,(H,27,31)(H,28,33). The molecular weight excluding hydrogens is 448 g/mol. The minimum absolute atomic E-state index is 0.0470. The van der Waals surface area contributed by atoms with Gasteiger partial charge in [-0.1, -0.05) is 32.9 Å². The Morgan fingerprint density at radius 1 is 1.21 bits per heavy atom. The normalized spacial score (nSPS) is 25.9. The molecule has 7 nitrogen and oxygen atoms in total. The van der Waals surface area contributed by atoms with E-state index in [2.05, 4.69) is 47.8 Å². The maximum absolute atomic E-state index is 13.4. The molecule has 2 atom stereocenters. The summed E-state index contributed by atoms with van der Waals surface area (Å²) in [6, 6.07) is 9.40. The van der Waals surface area contributed by atoms with Gasteiger partial charge in [0.25, 0.3) is 5.91 Å². The Morgan fingerprint density at radius 3 is 2.79 bits per heavy atom. The predicted octanol–water partition coefficient (Wildman–Crippen LogP) is 4.39. The molecule has 34 heavy (non-hydrogen) atoms. The van der Waals surface area contributed by atoms with Crippen LogP contribution in [0.5, 0.6) is 0 Å². The van der Waals surface area contributed by atoms with Crippen molar-refractivity contribution in [3.05, 3.63) is 46.2 Å². The molecule has 5 rings (SSSR count). The highest BCUT2D eigenvalue weighted by molar-refractivity contribution is 7.10. The number of hydrogen-bond acceptors (Lipinski definition) is 5. The highest BCUT2D eigenvalue weighted by atomic mass is 32.1. The minimum atomic E-state index is -0.900. The Labute approximate surface area is 204 Å². The summed E-state index contributed by atoms with van der Waals surface area (Å²) in [5, 5.41) is 8.03. The number of amides is 4. The van der Waals surface area contributed by atoms with Crippen molar-refractivity contribution < 1.29 is 14.4 Å². The van der Waals surface area contributed by atoms with Crippen LogP contribution in [0.2, 0.25) is 0 Å². The third-order valence-electron chi connectivity index (χ3n) is 7.25. The van der Waals surface area contributed by atoms with E-state index in [0.29, 0.717) is 24.4 Å². The van der Waals surface area contributed by atoms with Gasteiger partial charge in [-0.15, -0.1) is 11.3 Å². The van der Waals surface area contributed by atoms with Crippen LogP contribution in [-0.4, -0.2) is 41.4 Å². The Morgan fingerprint density at radius 2 is 2.00 bits per heavy atom. The average molecular weight is 481 g/mol. The van der Waals surface area contributed by atoms with E-state index in [-0.39, 0.29) is 23.8 Å². The summed E-state index contributed by atoms with van der Waals surface area (Å²) in [6.07, 6.45) is 3.20. The van der Waals surface area contributed by atoms with Gasteiger partial charge in [-0.3, -0.25) is 14.5 Å². The molecule has 2 aromatic rings. The first-order chi connectivity index (χ1) is 16.2. The molecule has 4 amide bonds. The lowest BCUT2D eigenvalue weighted by atomic mass is 9.64. The molecule has 2 unspecified atom stereocenters. The summed E-state index contributed by atoms with van der Waals surface area (Å²) in [7, 11) is 0. The smallest absolute Gasteiger partial charge is 0.325 e. The number of imide groups is 1. The molecule has 1 aromatic carbocycles. The third kappa shape index (κ3) is 4.19. The van der Waals surface area contributed by atoms with E-state index in [1.165, 1.54) is 10.4 Å². The van der Waals surface area contributed by atoms with Gasteiger partial charge in [0, 0.05) is 18.0 Å². The van der Waals surface area contributed by atoms with Crippen molar-refractivity contribution in [2.75, 3.05) is 23.3 Å². The number of anilines is 2. The maximum Gasteiger partial charge on any atom is 0.325 e. The number of fused-ring (bicyclic) bond motifs is 1. The SMILES string of the molecule is CC1CC(C)(C)CC2(C1)NC(=O)N(CC(=O)Nc1ccccc1N1CCc3sccc3C1)C2=O. The topological polar surface area (TPSA) is 81.8 Å². The predicted molar refractivity (Wildman–Crippen MR) is 134 cm³/mol. The van der Waals surface area contributed by atoms with Crippen LogP contribution in [0, 0.1) is 11.3 Å². The van der Waals surface area contributed by atoms with Crippen molar-refractivity contribution in [3.8, 4) is 0 Å². The fourth-order valence-electron chi connectivity index (χ4n) is 6.29. The fourth-order valence-corrected chi connectivity index (χ4v) is 7.18. The summed E-state index contributed by atoms with van der Waals surface area (Å²) < 4.78 is 0. The molecule has 3 heterocycles. The highest BCUT2D eigenvalue weighted by Gasteiger charge is 2.56. The molecule has 1 aromatic heterocycles. The summed E-state index contributed by atoms with van der Waals surface area (Å²) in [5.74, 6) is -0.326. The summed E-state index contributed by atoms with van der Waals surface area (Å²) in [5.41, 5.74) is 2.02. The number of carbonyl (C=O) groups is 3. The van der Waals surface area contributed by atoms with E-state index in [0.717, 1.165) is 36.5 Å². The first kappa shape index (κ1) is 22.9. The Bertz CT molecular complexity index is 1140. The first-order valence-corrected chi connectivity index (χ1v) is 12.9. The van der Waals surface area contributed by atoms with E-state index in [9.17, 15) is 14.4 Å². The second kappa shape index (κ2) is 8.41. The number of benzene rings is 1.